The smallest absolute Gasteiger partial charge is 0.255 e. The van der Waals surface area contributed by atoms with Crippen molar-refractivity contribution in [3.63, 3.8) is 0 Å². The van der Waals surface area contributed by atoms with Crippen molar-refractivity contribution in [2.24, 2.45) is 0 Å². The molecule has 1 aromatic heterocycles. The molecule has 0 amide bonds. The second kappa shape index (κ2) is 8.93. The Hall–Kier alpha value is -3.51. The van der Waals surface area contributed by atoms with Gasteiger partial charge in [0.15, 0.2) is 23.5 Å². The molecule has 0 aliphatic rings. The fourth-order valence-electron chi connectivity index (χ4n) is 2.88. The van der Waals surface area contributed by atoms with Gasteiger partial charge in [-0.3, -0.25) is 4.79 Å². The summed E-state index contributed by atoms with van der Waals surface area (Å²) in [4.78, 5) is 14.3. The number of pyridine rings is 1. The standard InChI is InChI=1S/C20H17F3N2O6S/c1-30-18-14(21)10-15(16(22)17(18)23)31-12-7-5-11(6-8-12)25(32(2,28)29)20(27)13-4-3-9-24-19(13)26/h3-10,20,27H,1-2H3,(H,24,26). The molecule has 2 N–H and O–H groups in total. The summed E-state index contributed by atoms with van der Waals surface area (Å²) in [6, 6.07) is 8.05. The first kappa shape index (κ1) is 23.2. The van der Waals surface area contributed by atoms with Crippen molar-refractivity contribution < 1.29 is 36.2 Å². The predicted molar refractivity (Wildman–Crippen MR) is 109 cm³/mol. The molecule has 12 heteroatoms. The summed E-state index contributed by atoms with van der Waals surface area (Å²) in [5, 5.41) is 10.6. The number of aliphatic hydroxyl groups is 1. The molecule has 1 heterocycles. The normalized spacial score (nSPS) is 12.3. The molecule has 170 valence electrons. The summed E-state index contributed by atoms with van der Waals surface area (Å²) >= 11 is 0. The Morgan fingerprint density at radius 3 is 2.31 bits per heavy atom. The van der Waals surface area contributed by atoms with E-state index < -0.39 is 50.8 Å². The lowest BCUT2D eigenvalue weighted by Gasteiger charge is -2.27. The lowest BCUT2D eigenvalue weighted by Crippen LogP contribution is -2.36. The van der Waals surface area contributed by atoms with Crippen LogP contribution in [-0.2, 0) is 10.0 Å². The van der Waals surface area contributed by atoms with Gasteiger partial charge in [-0.25, -0.2) is 17.1 Å². The van der Waals surface area contributed by atoms with Crippen LogP contribution in [0.3, 0.4) is 0 Å². The first-order chi connectivity index (χ1) is 15.0. The first-order valence-corrected chi connectivity index (χ1v) is 10.7. The number of aromatic amines is 1. The number of halogens is 3. The number of rotatable bonds is 7. The van der Waals surface area contributed by atoms with Crippen molar-refractivity contribution in [1.82, 2.24) is 4.98 Å². The molecule has 0 fully saturated rings. The van der Waals surface area contributed by atoms with E-state index >= 15 is 0 Å². The van der Waals surface area contributed by atoms with Crippen molar-refractivity contribution in [3.05, 3.63) is 82.0 Å². The number of hydrogen-bond donors (Lipinski definition) is 2. The van der Waals surface area contributed by atoms with Crippen LogP contribution >= 0.6 is 0 Å². The second-order valence-electron chi connectivity index (χ2n) is 6.50. The molecule has 1 unspecified atom stereocenters. The number of nitrogens with one attached hydrogen (secondary N) is 1. The molecular formula is C20H17F3N2O6S. The van der Waals surface area contributed by atoms with Gasteiger partial charge < -0.3 is 19.6 Å². The van der Waals surface area contributed by atoms with Crippen LogP contribution in [0, 0.1) is 17.5 Å². The van der Waals surface area contributed by atoms with Crippen LogP contribution in [-0.4, -0.2) is 31.9 Å². The van der Waals surface area contributed by atoms with Crippen molar-refractivity contribution in [2.45, 2.75) is 6.23 Å². The van der Waals surface area contributed by atoms with Gasteiger partial charge in [-0.05, 0) is 36.4 Å². The summed E-state index contributed by atoms with van der Waals surface area (Å²) in [6.07, 6.45) is 0.305. The average Bonchev–Trinajstić information content (AvgIpc) is 2.73. The molecule has 2 aromatic carbocycles. The van der Waals surface area contributed by atoms with Crippen molar-refractivity contribution in [3.8, 4) is 17.2 Å². The molecule has 0 spiro atoms. The summed E-state index contributed by atoms with van der Waals surface area (Å²) < 4.78 is 76.6. The monoisotopic (exact) mass is 470 g/mol. The van der Waals surface area contributed by atoms with Crippen molar-refractivity contribution in [1.29, 1.82) is 0 Å². The van der Waals surface area contributed by atoms with Crippen LogP contribution in [0.2, 0.25) is 0 Å². The van der Waals surface area contributed by atoms with E-state index in [9.17, 15) is 31.5 Å². The van der Waals surface area contributed by atoms with E-state index in [1.807, 2.05) is 0 Å². The fraction of sp³-hybridized carbons (Fsp3) is 0.150. The Bertz CT molecular complexity index is 1300. The third-order valence-electron chi connectivity index (χ3n) is 4.31. The summed E-state index contributed by atoms with van der Waals surface area (Å²) in [5.41, 5.74) is -0.958. The number of methoxy groups -OCH3 is 1. The molecule has 1 atom stereocenters. The van der Waals surface area contributed by atoms with Crippen LogP contribution in [0.5, 0.6) is 17.2 Å². The highest BCUT2D eigenvalue weighted by Gasteiger charge is 2.28. The maximum atomic E-state index is 14.1. The number of H-pyrrole nitrogens is 1. The van der Waals surface area contributed by atoms with E-state index in [4.69, 9.17) is 4.74 Å². The fourth-order valence-corrected chi connectivity index (χ4v) is 3.87. The van der Waals surface area contributed by atoms with Crippen molar-refractivity contribution >= 4 is 15.7 Å². The number of benzene rings is 2. The topological polar surface area (TPSA) is 109 Å². The minimum absolute atomic E-state index is 0.0526. The molecule has 0 radical (unpaired) electrons. The van der Waals surface area contributed by atoms with Crippen LogP contribution in [0.15, 0.2) is 53.5 Å². The van der Waals surface area contributed by atoms with E-state index in [1.54, 1.807) is 0 Å². The summed E-state index contributed by atoms with van der Waals surface area (Å²) in [5.74, 6) is -5.99. The van der Waals surface area contributed by atoms with E-state index in [0.29, 0.717) is 10.4 Å². The summed E-state index contributed by atoms with van der Waals surface area (Å²) in [7, 11) is -3.09. The number of ether oxygens (including phenoxy) is 2. The van der Waals surface area contributed by atoms with E-state index in [0.717, 1.165) is 13.4 Å². The zero-order chi connectivity index (χ0) is 23.6. The van der Waals surface area contributed by atoms with Crippen LogP contribution in [0.1, 0.15) is 11.8 Å². The molecule has 0 saturated heterocycles. The minimum atomic E-state index is -4.06. The number of aromatic nitrogens is 1. The third kappa shape index (κ3) is 4.55. The maximum absolute atomic E-state index is 14.1. The van der Waals surface area contributed by atoms with Gasteiger partial charge >= 0.3 is 0 Å². The highest BCUT2D eigenvalue weighted by Crippen LogP contribution is 2.34. The second-order valence-corrected chi connectivity index (χ2v) is 8.36. The largest absolute Gasteiger partial charge is 0.491 e. The van der Waals surface area contributed by atoms with Gasteiger partial charge in [0, 0.05) is 12.3 Å². The van der Waals surface area contributed by atoms with Crippen LogP contribution in [0.25, 0.3) is 0 Å². The van der Waals surface area contributed by atoms with E-state index in [-0.39, 0.29) is 17.0 Å². The Morgan fingerprint density at radius 1 is 1.09 bits per heavy atom. The molecule has 3 aromatic rings. The number of aliphatic hydroxyl groups excluding tert-OH is 1. The van der Waals surface area contributed by atoms with Gasteiger partial charge in [-0.1, -0.05) is 0 Å². The van der Waals surface area contributed by atoms with Crippen molar-refractivity contribution in [2.75, 3.05) is 17.7 Å². The molecule has 0 aliphatic carbocycles. The molecule has 3 rings (SSSR count). The Kier molecular flexibility index (Phi) is 6.46. The van der Waals surface area contributed by atoms with E-state index in [1.165, 1.54) is 42.6 Å². The summed E-state index contributed by atoms with van der Waals surface area (Å²) in [6.45, 7) is 0. The first-order valence-electron chi connectivity index (χ1n) is 8.89. The maximum Gasteiger partial charge on any atom is 0.255 e. The molecule has 0 aliphatic heterocycles. The molecule has 32 heavy (non-hydrogen) atoms. The number of sulfonamides is 1. The van der Waals surface area contributed by atoms with E-state index in [2.05, 4.69) is 9.72 Å². The quantitative estimate of drug-likeness (QED) is 0.406. The Balaban J connectivity index is 1.94. The van der Waals surface area contributed by atoms with Gasteiger partial charge in [0.25, 0.3) is 5.56 Å². The van der Waals surface area contributed by atoms with Gasteiger partial charge in [-0.2, -0.15) is 8.78 Å². The highest BCUT2D eigenvalue weighted by atomic mass is 32.2. The number of anilines is 1. The Morgan fingerprint density at radius 2 is 1.75 bits per heavy atom. The Labute approximate surface area is 180 Å². The van der Waals surface area contributed by atoms with Gasteiger partial charge in [0.05, 0.1) is 24.6 Å². The zero-order valence-electron chi connectivity index (χ0n) is 16.7. The molecule has 0 bridgehead atoms. The third-order valence-corrected chi connectivity index (χ3v) is 5.44. The lowest BCUT2D eigenvalue weighted by atomic mass is 10.2. The SMILES string of the molecule is COc1c(F)cc(Oc2ccc(N(C(O)c3ccc[nH]c3=O)S(C)(=O)=O)cc2)c(F)c1F. The predicted octanol–water partition coefficient (Wildman–Crippen LogP) is 3.05. The molecule has 0 saturated carbocycles. The lowest BCUT2D eigenvalue weighted by molar-refractivity contribution is 0.188. The number of nitrogens with zero attached hydrogens (tertiary/aromatic N) is 1. The van der Waals surface area contributed by atoms with Gasteiger partial charge in [0.2, 0.25) is 21.7 Å². The van der Waals surface area contributed by atoms with Gasteiger partial charge in [-0.15, -0.1) is 0 Å². The van der Waals surface area contributed by atoms with Crippen LogP contribution in [0.4, 0.5) is 18.9 Å². The number of hydrogen-bond acceptors (Lipinski definition) is 6. The average molecular weight is 470 g/mol. The molecule has 8 nitrogen and oxygen atoms in total. The van der Waals surface area contributed by atoms with Gasteiger partial charge in [0.1, 0.15) is 5.75 Å². The zero-order valence-corrected chi connectivity index (χ0v) is 17.5. The minimum Gasteiger partial charge on any atom is -0.491 e. The highest BCUT2D eigenvalue weighted by molar-refractivity contribution is 7.92. The molecular weight excluding hydrogens is 453 g/mol. The van der Waals surface area contributed by atoms with Crippen LogP contribution < -0.4 is 19.3 Å².